The molecule has 0 saturated heterocycles. The Balaban J connectivity index is 2.04. The van der Waals surface area contributed by atoms with Crippen LogP contribution in [0.3, 0.4) is 0 Å². The van der Waals surface area contributed by atoms with Crippen LogP contribution in [0.1, 0.15) is 13.0 Å². The van der Waals surface area contributed by atoms with Crippen LogP contribution in [-0.2, 0) is 10.0 Å². The molecule has 0 bridgehead atoms. The minimum Gasteiger partial charge on any atom is -0.249 e. The number of benzene rings is 1. The van der Waals surface area contributed by atoms with Crippen molar-refractivity contribution in [3.8, 4) is 0 Å². The number of aromatic nitrogens is 3. The summed E-state index contributed by atoms with van der Waals surface area (Å²) in [4.78, 5) is 4.00. The molecule has 0 aliphatic carbocycles. The van der Waals surface area contributed by atoms with E-state index >= 15 is 0 Å². The second kappa shape index (κ2) is 5.68. The second-order valence-corrected chi connectivity index (χ2v) is 6.23. The SMILES string of the molecule is C[C@@H](CNS(=O)(=O)c1ccc(Cl)cc1)n1cncn1. The zero-order valence-electron chi connectivity index (χ0n) is 10.2. The van der Waals surface area contributed by atoms with Crippen molar-refractivity contribution in [3.63, 3.8) is 0 Å². The van der Waals surface area contributed by atoms with Crippen molar-refractivity contribution in [2.24, 2.45) is 0 Å². The Morgan fingerprint density at radius 1 is 1.37 bits per heavy atom. The molecule has 0 spiro atoms. The normalized spacial score (nSPS) is 13.4. The predicted molar refractivity (Wildman–Crippen MR) is 71.4 cm³/mol. The van der Waals surface area contributed by atoms with Gasteiger partial charge < -0.3 is 0 Å². The van der Waals surface area contributed by atoms with Crippen LogP contribution in [0.25, 0.3) is 0 Å². The first kappa shape index (κ1) is 14.0. The van der Waals surface area contributed by atoms with Crippen molar-refractivity contribution in [3.05, 3.63) is 41.9 Å². The summed E-state index contributed by atoms with van der Waals surface area (Å²) in [7, 11) is -3.53. The van der Waals surface area contributed by atoms with Gasteiger partial charge in [0.15, 0.2) is 0 Å². The summed E-state index contributed by atoms with van der Waals surface area (Å²) in [5.74, 6) is 0. The summed E-state index contributed by atoms with van der Waals surface area (Å²) < 4.78 is 28.1. The van der Waals surface area contributed by atoms with E-state index in [1.807, 2.05) is 6.92 Å². The molecule has 0 fully saturated rings. The van der Waals surface area contributed by atoms with Crippen molar-refractivity contribution in [1.82, 2.24) is 19.5 Å². The van der Waals surface area contributed by atoms with Crippen LogP contribution in [0.2, 0.25) is 5.02 Å². The molecule has 1 atom stereocenters. The molecule has 2 aromatic rings. The van der Waals surface area contributed by atoms with Crippen molar-refractivity contribution in [2.45, 2.75) is 17.9 Å². The lowest BCUT2D eigenvalue weighted by atomic mass is 10.4. The van der Waals surface area contributed by atoms with Crippen molar-refractivity contribution in [2.75, 3.05) is 6.54 Å². The van der Waals surface area contributed by atoms with Gasteiger partial charge in [0.1, 0.15) is 12.7 Å². The molecule has 102 valence electrons. The van der Waals surface area contributed by atoms with E-state index in [4.69, 9.17) is 11.6 Å². The van der Waals surface area contributed by atoms with Gasteiger partial charge in [0, 0.05) is 11.6 Å². The molecule has 0 radical (unpaired) electrons. The van der Waals surface area contributed by atoms with Gasteiger partial charge in [-0.25, -0.2) is 22.8 Å². The summed E-state index contributed by atoms with van der Waals surface area (Å²) in [6.45, 7) is 2.08. The maximum atomic E-state index is 12.0. The zero-order valence-corrected chi connectivity index (χ0v) is 11.8. The molecule has 1 aromatic heterocycles. The monoisotopic (exact) mass is 300 g/mol. The number of hydrogen-bond donors (Lipinski definition) is 1. The first-order valence-electron chi connectivity index (χ1n) is 5.58. The lowest BCUT2D eigenvalue weighted by molar-refractivity contribution is 0.478. The Hall–Kier alpha value is -1.44. The van der Waals surface area contributed by atoms with E-state index in [9.17, 15) is 8.42 Å². The van der Waals surface area contributed by atoms with E-state index in [1.165, 1.54) is 30.6 Å². The molecular weight excluding hydrogens is 288 g/mol. The number of sulfonamides is 1. The Kier molecular flexibility index (Phi) is 4.18. The number of nitrogens with one attached hydrogen (secondary N) is 1. The summed E-state index contributed by atoms with van der Waals surface area (Å²) in [5, 5.41) is 4.45. The number of nitrogens with zero attached hydrogens (tertiary/aromatic N) is 3. The lowest BCUT2D eigenvalue weighted by Gasteiger charge is -2.13. The summed E-state index contributed by atoms with van der Waals surface area (Å²) in [5.41, 5.74) is 0. The van der Waals surface area contributed by atoms with Gasteiger partial charge in [-0.1, -0.05) is 11.6 Å². The Morgan fingerprint density at radius 3 is 2.63 bits per heavy atom. The smallest absolute Gasteiger partial charge is 0.240 e. The topological polar surface area (TPSA) is 76.9 Å². The van der Waals surface area contributed by atoms with E-state index in [2.05, 4.69) is 14.8 Å². The van der Waals surface area contributed by atoms with Gasteiger partial charge in [-0.15, -0.1) is 0 Å². The van der Waals surface area contributed by atoms with Gasteiger partial charge in [-0.3, -0.25) is 0 Å². The number of hydrogen-bond acceptors (Lipinski definition) is 4. The second-order valence-electron chi connectivity index (χ2n) is 4.03. The zero-order chi connectivity index (χ0) is 13.9. The van der Waals surface area contributed by atoms with Crippen LogP contribution in [0.15, 0.2) is 41.8 Å². The van der Waals surface area contributed by atoms with Crippen LogP contribution < -0.4 is 4.72 Å². The molecule has 8 heteroatoms. The van der Waals surface area contributed by atoms with Crippen molar-refractivity contribution < 1.29 is 8.42 Å². The molecule has 19 heavy (non-hydrogen) atoms. The number of halogens is 1. The van der Waals surface area contributed by atoms with Crippen LogP contribution in [0.5, 0.6) is 0 Å². The van der Waals surface area contributed by atoms with E-state index in [0.29, 0.717) is 5.02 Å². The molecule has 0 saturated carbocycles. The highest BCUT2D eigenvalue weighted by atomic mass is 35.5. The van der Waals surface area contributed by atoms with Crippen LogP contribution >= 0.6 is 11.6 Å². The molecule has 0 amide bonds. The van der Waals surface area contributed by atoms with Crippen LogP contribution in [0.4, 0.5) is 0 Å². The summed E-state index contributed by atoms with van der Waals surface area (Å²) in [6.07, 6.45) is 2.95. The standard InChI is InChI=1S/C11H13ClN4O2S/c1-9(16-8-13-7-14-16)6-15-19(17,18)11-4-2-10(12)3-5-11/h2-5,7-9,15H,6H2,1H3/t9-/m0/s1. The quantitative estimate of drug-likeness (QED) is 0.907. The summed E-state index contributed by atoms with van der Waals surface area (Å²) in [6, 6.07) is 5.88. The van der Waals surface area contributed by atoms with Crippen molar-refractivity contribution >= 4 is 21.6 Å². The molecule has 0 aliphatic rings. The fourth-order valence-corrected chi connectivity index (χ4v) is 2.71. The van der Waals surface area contributed by atoms with Gasteiger partial charge in [0.05, 0.1) is 10.9 Å². The maximum Gasteiger partial charge on any atom is 0.240 e. The average Bonchev–Trinajstić information content (AvgIpc) is 2.90. The fourth-order valence-electron chi connectivity index (χ4n) is 1.47. The Morgan fingerprint density at radius 2 is 2.05 bits per heavy atom. The Labute approximate surface area is 116 Å². The number of rotatable bonds is 5. The minimum absolute atomic E-state index is 0.121. The third kappa shape index (κ3) is 3.52. The third-order valence-corrected chi connectivity index (χ3v) is 4.27. The van der Waals surface area contributed by atoms with Gasteiger partial charge in [-0.2, -0.15) is 5.10 Å². The van der Waals surface area contributed by atoms with E-state index < -0.39 is 10.0 Å². The molecule has 1 aromatic carbocycles. The van der Waals surface area contributed by atoms with Gasteiger partial charge >= 0.3 is 0 Å². The highest BCUT2D eigenvalue weighted by molar-refractivity contribution is 7.89. The van der Waals surface area contributed by atoms with Gasteiger partial charge in [0.2, 0.25) is 10.0 Å². The van der Waals surface area contributed by atoms with E-state index in [1.54, 1.807) is 11.0 Å². The molecule has 1 heterocycles. The Bertz CT molecular complexity index is 625. The summed E-state index contributed by atoms with van der Waals surface area (Å²) >= 11 is 5.72. The molecule has 0 unspecified atom stereocenters. The van der Waals surface area contributed by atoms with Gasteiger partial charge in [0.25, 0.3) is 0 Å². The first-order chi connectivity index (χ1) is 8.99. The van der Waals surface area contributed by atoms with Crippen molar-refractivity contribution in [1.29, 1.82) is 0 Å². The maximum absolute atomic E-state index is 12.0. The molecule has 0 aliphatic heterocycles. The first-order valence-corrected chi connectivity index (χ1v) is 7.44. The molecule has 1 N–H and O–H groups in total. The van der Waals surface area contributed by atoms with Gasteiger partial charge in [-0.05, 0) is 31.2 Å². The molecule has 2 rings (SSSR count). The van der Waals surface area contributed by atoms with Crippen LogP contribution in [-0.4, -0.2) is 29.7 Å². The predicted octanol–water partition coefficient (Wildman–Crippen LogP) is 1.47. The highest BCUT2D eigenvalue weighted by Gasteiger charge is 2.15. The third-order valence-electron chi connectivity index (χ3n) is 2.58. The molecular formula is C11H13ClN4O2S. The van der Waals surface area contributed by atoms with E-state index in [0.717, 1.165) is 0 Å². The highest BCUT2D eigenvalue weighted by Crippen LogP contribution is 2.14. The molecule has 6 nitrogen and oxygen atoms in total. The van der Waals surface area contributed by atoms with Crippen LogP contribution in [0, 0.1) is 0 Å². The van der Waals surface area contributed by atoms with E-state index in [-0.39, 0.29) is 17.5 Å². The largest absolute Gasteiger partial charge is 0.249 e. The minimum atomic E-state index is -3.53. The lowest BCUT2D eigenvalue weighted by Crippen LogP contribution is -2.29. The fraction of sp³-hybridized carbons (Fsp3) is 0.273. The average molecular weight is 301 g/mol.